The Labute approximate surface area is 418 Å². The Morgan fingerprint density at radius 3 is 1.57 bits per heavy atom. The first kappa shape index (κ1) is 62.8. The lowest BCUT2D eigenvalue weighted by atomic mass is 9.98. The molecule has 2 fully saturated rings. The molecule has 2 heterocycles. The van der Waals surface area contributed by atoms with Gasteiger partial charge in [-0.1, -0.05) is 126 Å². The second kappa shape index (κ2) is 41.2. The number of rotatable bonds is 39. The van der Waals surface area contributed by atoms with Crippen molar-refractivity contribution in [2.24, 2.45) is 0 Å². The molecule has 0 amide bonds. The van der Waals surface area contributed by atoms with E-state index in [4.69, 9.17) is 28.4 Å². The van der Waals surface area contributed by atoms with Crippen molar-refractivity contribution in [2.45, 2.75) is 229 Å². The summed E-state index contributed by atoms with van der Waals surface area (Å²) < 4.78 is 33.5. The molecule has 70 heavy (non-hydrogen) atoms. The van der Waals surface area contributed by atoms with Crippen LogP contribution in [-0.4, -0.2) is 142 Å². The van der Waals surface area contributed by atoms with Gasteiger partial charge in [0.2, 0.25) is 0 Å². The van der Waals surface area contributed by atoms with E-state index >= 15 is 0 Å². The predicted octanol–water partition coefficient (Wildman–Crippen LogP) is 7.59. The van der Waals surface area contributed by atoms with Gasteiger partial charge in [0.05, 0.1) is 19.8 Å². The van der Waals surface area contributed by atoms with Gasteiger partial charge in [0.1, 0.15) is 55.4 Å². The summed E-state index contributed by atoms with van der Waals surface area (Å²) in [7, 11) is 0. The third-order valence-electron chi connectivity index (χ3n) is 11.9. The van der Waals surface area contributed by atoms with Gasteiger partial charge in [-0.15, -0.1) is 5.73 Å². The maximum absolute atomic E-state index is 13.0. The number of esters is 2. The zero-order valence-electron chi connectivity index (χ0n) is 42.3. The number of carbonyl (C=O) groups is 2. The fraction of sp³-hybridized carbons (Fsp3) is 0.727. The quantitative estimate of drug-likeness (QED) is 0.0136. The maximum atomic E-state index is 13.0. The van der Waals surface area contributed by atoms with Crippen molar-refractivity contribution in [3.8, 4) is 0 Å². The van der Waals surface area contributed by atoms with Crippen molar-refractivity contribution in [2.75, 3.05) is 26.4 Å². The number of unbranched alkanes of at least 4 members (excludes halogenated alkanes) is 13. The number of hydrogen-bond acceptors (Lipinski definition) is 15. The molecule has 2 rings (SSSR count). The van der Waals surface area contributed by atoms with Gasteiger partial charge in [-0.2, -0.15) is 0 Å². The van der Waals surface area contributed by atoms with E-state index in [1.54, 1.807) is 0 Å². The lowest BCUT2D eigenvalue weighted by molar-refractivity contribution is -0.332. The smallest absolute Gasteiger partial charge is 0.306 e. The van der Waals surface area contributed by atoms with Gasteiger partial charge in [0, 0.05) is 12.8 Å². The second-order valence-corrected chi connectivity index (χ2v) is 18.1. The summed E-state index contributed by atoms with van der Waals surface area (Å²) in [6.45, 7) is 2.39. The number of carbonyl (C=O) groups excluding carboxylic acids is 2. The van der Waals surface area contributed by atoms with Gasteiger partial charge < -0.3 is 64.2 Å². The van der Waals surface area contributed by atoms with E-state index in [1.807, 2.05) is 0 Å². The predicted molar refractivity (Wildman–Crippen MR) is 269 cm³/mol. The van der Waals surface area contributed by atoms with Crippen molar-refractivity contribution in [1.82, 2.24) is 0 Å². The Balaban J connectivity index is 1.83. The van der Waals surface area contributed by atoms with E-state index in [9.17, 15) is 45.3 Å². The average Bonchev–Trinajstić information content (AvgIpc) is 3.35. The summed E-state index contributed by atoms with van der Waals surface area (Å²) >= 11 is 0. The van der Waals surface area contributed by atoms with E-state index in [0.29, 0.717) is 12.8 Å². The number of ether oxygens (including phenoxy) is 6. The standard InChI is InChI=1S/C55H90O15/c1-3-5-7-9-11-13-15-17-19-20-21-22-24-26-28-30-32-34-36-38-47(58)68-43(40-65-46(57)37-35-33-31-29-27-25-23-18-16-14-12-10-8-6-4-2)41-66-54-53(64)51(62)49(60)45(70-54)42-67-55-52(63)50(61)48(59)44(39-56)69-55/h5,7,11,13,16-17,19,21-23,26,28,43-45,48-56,59-64H,3-4,6,8-10,12,14-15,20,24-25,27,29-42H2,1-2H3/b7-5+,13-11+,19-17+,22-21+,28-26+/t18?,43-,44+,45+,48-,49-,50?,51?,52?,53?,54+,55+/m1/s1. The molecule has 15 heteroatoms. The van der Waals surface area contributed by atoms with E-state index in [0.717, 1.165) is 89.9 Å². The van der Waals surface area contributed by atoms with Crippen LogP contribution in [0.25, 0.3) is 0 Å². The normalized spacial score (nSPS) is 25.6. The lowest BCUT2D eigenvalue weighted by Crippen LogP contribution is -2.61. The fourth-order valence-electron chi connectivity index (χ4n) is 7.63. The zero-order chi connectivity index (χ0) is 51.0. The Hall–Kier alpha value is -3.28. The maximum Gasteiger partial charge on any atom is 0.306 e. The molecular weight excluding hydrogens is 901 g/mol. The largest absolute Gasteiger partial charge is 0.462 e. The highest BCUT2D eigenvalue weighted by Crippen LogP contribution is 2.26. The van der Waals surface area contributed by atoms with Crippen LogP contribution < -0.4 is 0 Å². The Morgan fingerprint density at radius 1 is 0.514 bits per heavy atom. The molecule has 0 bridgehead atoms. The first-order valence-electron chi connectivity index (χ1n) is 26.3. The van der Waals surface area contributed by atoms with Gasteiger partial charge in [-0.25, -0.2) is 0 Å². The molecule has 2 aliphatic heterocycles. The Kier molecular flexibility index (Phi) is 37.0. The van der Waals surface area contributed by atoms with E-state index in [-0.39, 0.29) is 19.4 Å². The summed E-state index contributed by atoms with van der Waals surface area (Å²) in [5.74, 6) is -0.990. The average molecular weight is 991 g/mol. The molecule has 400 valence electrons. The molecule has 0 aromatic rings. The third kappa shape index (κ3) is 28.7. The van der Waals surface area contributed by atoms with Gasteiger partial charge in [0.15, 0.2) is 18.7 Å². The van der Waals surface area contributed by atoms with E-state index in [1.165, 1.54) is 32.1 Å². The van der Waals surface area contributed by atoms with Crippen LogP contribution in [0.2, 0.25) is 0 Å². The Bertz CT molecular complexity index is 1550. The van der Waals surface area contributed by atoms with Crippen LogP contribution in [0.15, 0.2) is 78.6 Å². The van der Waals surface area contributed by atoms with Crippen LogP contribution in [-0.2, 0) is 38.0 Å². The second-order valence-electron chi connectivity index (χ2n) is 18.1. The highest BCUT2D eigenvalue weighted by Gasteiger charge is 2.47. The molecule has 0 aromatic carbocycles. The minimum atomic E-state index is -1.78. The topological polar surface area (TPSA) is 231 Å². The molecule has 2 aliphatic rings. The van der Waals surface area contributed by atoms with Gasteiger partial charge in [0.25, 0.3) is 0 Å². The molecule has 11 atom stereocenters. The van der Waals surface area contributed by atoms with Gasteiger partial charge in [-0.3, -0.25) is 9.59 Å². The molecule has 15 nitrogen and oxygen atoms in total. The molecule has 0 aromatic heterocycles. The van der Waals surface area contributed by atoms with Crippen LogP contribution in [0.1, 0.15) is 162 Å². The highest BCUT2D eigenvalue weighted by molar-refractivity contribution is 5.70. The highest BCUT2D eigenvalue weighted by atomic mass is 16.7. The van der Waals surface area contributed by atoms with Crippen LogP contribution in [0.4, 0.5) is 0 Å². The lowest BCUT2D eigenvalue weighted by Gasteiger charge is -2.42. The molecule has 7 N–H and O–H groups in total. The summed E-state index contributed by atoms with van der Waals surface area (Å²) in [4.78, 5) is 25.8. The molecule has 4 unspecified atom stereocenters. The number of allylic oxidation sites excluding steroid dienone is 11. The van der Waals surface area contributed by atoms with E-state index < -0.39 is 99.3 Å². The SMILES string of the molecule is CC/C=C/C/C=C/C/C=C/C/C=C/C/C=C/CCCCCC(=O)O[C@H](COC(=O)CCCCCCCC=C=CCCCCCCC)CO[C@H]1O[C@@H](CO[C@H]2O[C@@H](CO)[C@@H](O)C(O)C2O)[C@@H](O)C(O)C1O. The molecule has 2 saturated heterocycles. The molecular formula is C55H90O15. The molecule has 0 radical (unpaired) electrons. The van der Waals surface area contributed by atoms with Crippen molar-refractivity contribution >= 4 is 11.9 Å². The van der Waals surface area contributed by atoms with Crippen molar-refractivity contribution in [3.63, 3.8) is 0 Å². The van der Waals surface area contributed by atoms with Crippen LogP contribution >= 0.6 is 0 Å². The Morgan fingerprint density at radius 2 is 0.986 bits per heavy atom. The molecule has 0 aliphatic carbocycles. The van der Waals surface area contributed by atoms with Crippen molar-refractivity contribution in [3.05, 3.63) is 78.6 Å². The van der Waals surface area contributed by atoms with Gasteiger partial charge in [-0.05, 0) is 95.6 Å². The first-order chi connectivity index (χ1) is 34.0. The minimum absolute atomic E-state index is 0.117. The fourth-order valence-corrected chi connectivity index (χ4v) is 7.63. The van der Waals surface area contributed by atoms with Crippen molar-refractivity contribution < 1.29 is 73.8 Å². The molecule has 0 saturated carbocycles. The summed E-state index contributed by atoms with van der Waals surface area (Å²) in [5.41, 5.74) is 3.29. The van der Waals surface area contributed by atoms with Crippen LogP contribution in [0.3, 0.4) is 0 Å². The number of aliphatic hydroxyl groups is 7. The summed E-state index contributed by atoms with van der Waals surface area (Å²) in [5, 5.41) is 72.1. The minimum Gasteiger partial charge on any atom is -0.462 e. The number of hydrogen-bond donors (Lipinski definition) is 7. The zero-order valence-corrected chi connectivity index (χ0v) is 42.3. The molecule has 0 spiro atoms. The third-order valence-corrected chi connectivity index (χ3v) is 11.9. The van der Waals surface area contributed by atoms with Gasteiger partial charge >= 0.3 is 11.9 Å². The number of aliphatic hydroxyl groups excluding tert-OH is 7. The van der Waals surface area contributed by atoms with Crippen LogP contribution in [0, 0.1) is 0 Å². The van der Waals surface area contributed by atoms with E-state index in [2.05, 4.69) is 92.5 Å². The monoisotopic (exact) mass is 991 g/mol. The van der Waals surface area contributed by atoms with Crippen molar-refractivity contribution in [1.29, 1.82) is 0 Å². The summed E-state index contributed by atoms with van der Waals surface area (Å²) in [6.07, 6.45) is 29.9. The first-order valence-corrected chi connectivity index (χ1v) is 26.3. The van der Waals surface area contributed by atoms with Crippen LogP contribution in [0.5, 0.6) is 0 Å². The summed E-state index contributed by atoms with van der Waals surface area (Å²) in [6, 6.07) is 0.